The summed E-state index contributed by atoms with van der Waals surface area (Å²) in [5.41, 5.74) is 0. The average Bonchev–Trinajstić information content (AvgIpc) is 2.45. The molecular weight excluding hydrogens is 258 g/mol. The summed E-state index contributed by atoms with van der Waals surface area (Å²) in [5.74, 6) is 3.09. The molecule has 0 amide bonds. The third kappa shape index (κ3) is 4.81. The van der Waals surface area contributed by atoms with E-state index in [4.69, 9.17) is 18.9 Å². The van der Waals surface area contributed by atoms with E-state index in [2.05, 4.69) is 19.2 Å². The van der Waals surface area contributed by atoms with Crippen LogP contribution in [-0.4, -0.2) is 41.0 Å². The molecule has 0 radical (unpaired) electrons. The Balaban J connectivity index is 2.62. The van der Waals surface area contributed by atoms with Crippen LogP contribution in [0.3, 0.4) is 0 Å². The first-order valence-electron chi connectivity index (χ1n) is 6.75. The maximum Gasteiger partial charge on any atom is 0.203 e. The summed E-state index contributed by atoms with van der Waals surface area (Å²) in [4.78, 5) is 0. The minimum atomic E-state index is 0.570. The monoisotopic (exact) mass is 283 g/mol. The van der Waals surface area contributed by atoms with Crippen LogP contribution >= 0.6 is 0 Å². The zero-order valence-corrected chi connectivity index (χ0v) is 13.0. The summed E-state index contributed by atoms with van der Waals surface area (Å²) < 4.78 is 21.5. The van der Waals surface area contributed by atoms with Gasteiger partial charge in [0, 0.05) is 18.7 Å². The van der Waals surface area contributed by atoms with Gasteiger partial charge in [-0.05, 0) is 12.5 Å². The van der Waals surface area contributed by atoms with Crippen molar-refractivity contribution in [3.63, 3.8) is 0 Å². The molecule has 1 rings (SSSR count). The van der Waals surface area contributed by atoms with Crippen LogP contribution < -0.4 is 24.3 Å². The predicted molar refractivity (Wildman–Crippen MR) is 79.3 cm³/mol. The zero-order chi connectivity index (χ0) is 15.0. The van der Waals surface area contributed by atoms with E-state index in [-0.39, 0.29) is 0 Å². The quantitative estimate of drug-likeness (QED) is 0.705. The molecule has 1 aromatic rings. The van der Waals surface area contributed by atoms with Crippen molar-refractivity contribution in [2.45, 2.75) is 13.8 Å². The molecular formula is C15H25NO4. The summed E-state index contributed by atoms with van der Waals surface area (Å²) in [6.45, 7) is 6.72. The predicted octanol–water partition coefficient (Wildman–Crippen LogP) is 2.34. The van der Waals surface area contributed by atoms with Gasteiger partial charge in [-0.3, -0.25) is 0 Å². The van der Waals surface area contributed by atoms with E-state index >= 15 is 0 Å². The lowest BCUT2D eigenvalue weighted by Gasteiger charge is -2.15. The molecule has 20 heavy (non-hydrogen) atoms. The lowest BCUT2D eigenvalue weighted by atomic mass is 10.2. The Morgan fingerprint density at radius 1 is 1.00 bits per heavy atom. The standard InChI is InChI=1S/C15H25NO4/c1-11(2)10-16-6-7-20-12-8-13(17-3)15(19-5)14(9-12)18-4/h8-9,11,16H,6-7,10H2,1-5H3. The van der Waals surface area contributed by atoms with Crippen LogP contribution in [0.25, 0.3) is 0 Å². The Hall–Kier alpha value is -1.62. The fourth-order valence-electron chi connectivity index (χ4n) is 1.77. The van der Waals surface area contributed by atoms with Gasteiger partial charge in [0.25, 0.3) is 0 Å². The third-order valence-corrected chi connectivity index (χ3v) is 2.74. The topological polar surface area (TPSA) is 49.0 Å². The van der Waals surface area contributed by atoms with E-state index in [1.165, 1.54) is 0 Å². The molecule has 0 aromatic heterocycles. The van der Waals surface area contributed by atoms with E-state index in [0.717, 1.165) is 13.1 Å². The van der Waals surface area contributed by atoms with E-state index < -0.39 is 0 Å². The van der Waals surface area contributed by atoms with Gasteiger partial charge in [-0.25, -0.2) is 0 Å². The highest BCUT2D eigenvalue weighted by atomic mass is 16.5. The van der Waals surface area contributed by atoms with Crippen molar-refractivity contribution in [2.24, 2.45) is 5.92 Å². The van der Waals surface area contributed by atoms with Gasteiger partial charge in [0.15, 0.2) is 11.5 Å². The Morgan fingerprint density at radius 3 is 2.05 bits per heavy atom. The Labute approximate surface area is 121 Å². The summed E-state index contributed by atoms with van der Waals surface area (Å²) in [5, 5.41) is 3.32. The van der Waals surface area contributed by atoms with Crippen molar-refractivity contribution in [3.05, 3.63) is 12.1 Å². The Morgan fingerprint density at radius 2 is 1.60 bits per heavy atom. The van der Waals surface area contributed by atoms with Gasteiger partial charge < -0.3 is 24.3 Å². The minimum Gasteiger partial charge on any atom is -0.493 e. The average molecular weight is 283 g/mol. The van der Waals surface area contributed by atoms with Gasteiger partial charge in [0.05, 0.1) is 21.3 Å². The molecule has 5 nitrogen and oxygen atoms in total. The fourth-order valence-corrected chi connectivity index (χ4v) is 1.77. The normalized spacial score (nSPS) is 10.5. The van der Waals surface area contributed by atoms with Crippen LogP contribution in [0, 0.1) is 5.92 Å². The van der Waals surface area contributed by atoms with Crippen molar-refractivity contribution in [2.75, 3.05) is 41.0 Å². The van der Waals surface area contributed by atoms with E-state index in [1.807, 2.05) is 0 Å². The van der Waals surface area contributed by atoms with Crippen molar-refractivity contribution in [1.29, 1.82) is 0 Å². The largest absolute Gasteiger partial charge is 0.493 e. The number of hydrogen-bond donors (Lipinski definition) is 1. The molecule has 0 bridgehead atoms. The van der Waals surface area contributed by atoms with Crippen LogP contribution in [0.4, 0.5) is 0 Å². The molecule has 1 aromatic carbocycles. The highest BCUT2D eigenvalue weighted by Crippen LogP contribution is 2.40. The molecule has 0 fully saturated rings. The molecule has 114 valence electrons. The number of rotatable bonds is 9. The zero-order valence-electron chi connectivity index (χ0n) is 13.0. The highest BCUT2D eigenvalue weighted by molar-refractivity contribution is 5.55. The van der Waals surface area contributed by atoms with Crippen molar-refractivity contribution in [1.82, 2.24) is 5.32 Å². The summed E-state index contributed by atoms with van der Waals surface area (Å²) in [6, 6.07) is 3.59. The molecule has 0 aliphatic rings. The number of nitrogens with one attached hydrogen (secondary N) is 1. The summed E-state index contributed by atoms with van der Waals surface area (Å²) >= 11 is 0. The molecule has 5 heteroatoms. The molecule has 0 spiro atoms. The lowest BCUT2D eigenvalue weighted by Crippen LogP contribution is -2.24. The Bertz CT molecular complexity index is 382. The lowest BCUT2D eigenvalue weighted by molar-refractivity contribution is 0.295. The first-order chi connectivity index (χ1) is 9.62. The molecule has 0 aliphatic carbocycles. The van der Waals surface area contributed by atoms with Crippen molar-refractivity contribution < 1.29 is 18.9 Å². The van der Waals surface area contributed by atoms with Gasteiger partial charge in [-0.15, -0.1) is 0 Å². The molecule has 0 atom stereocenters. The van der Waals surface area contributed by atoms with Gasteiger partial charge in [0.2, 0.25) is 5.75 Å². The molecule has 0 saturated carbocycles. The van der Waals surface area contributed by atoms with Crippen LogP contribution in [0.1, 0.15) is 13.8 Å². The molecule has 1 N–H and O–H groups in total. The minimum absolute atomic E-state index is 0.570. The second-order valence-corrected chi connectivity index (χ2v) is 4.81. The van der Waals surface area contributed by atoms with Crippen molar-refractivity contribution >= 4 is 0 Å². The molecule has 0 saturated heterocycles. The number of ether oxygens (including phenoxy) is 4. The van der Waals surface area contributed by atoms with Crippen LogP contribution in [0.5, 0.6) is 23.0 Å². The van der Waals surface area contributed by atoms with Gasteiger partial charge in [-0.1, -0.05) is 13.8 Å². The molecule has 0 aliphatic heterocycles. The SMILES string of the molecule is COc1cc(OCCNCC(C)C)cc(OC)c1OC. The smallest absolute Gasteiger partial charge is 0.203 e. The molecule has 0 heterocycles. The maximum absolute atomic E-state index is 5.69. The maximum atomic E-state index is 5.69. The van der Waals surface area contributed by atoms with E-state index in [1.54, 1.807) is 33.5 Å². The van der Waals surface area contributed by atoms with Crippen LogP contribution in [-0.2, 0) is 0 Å². The second kappa shape index (κ2) is 8.53. The van der Waals surface area contributed by atoms with Gasteiger partial charge in [0.1, 0.15) is 12.4 Å². The van der Waals surface area contributed by atoms with Gasteiger partial charge in [-0.2, -0.15) is 0 Å². The third-order valence-electron chi connectivity index (χ3n) is 2.74. The molecule has 0 unspecified atom stereocenters. The number of hydrogen-bond acceptors (Lipinski definition) is 5. The van der Waals surface area contributed by atoms with Gasteiger partial charge >= 0.3 is 0 Å². The fraction of sp³-hybridized carbons (Fsp3) is 0.600. The van der Waals surface area contributed by atoms with E-state index in [0.29, 0.717) is 35.5 Å². The Kier molecular flexibility index (Phi) is 7.01. The summed E-state index contributed by atoms with van der Waals surface area (Å²) in [7, 11) is 4.76. The van der Waals surface area contributed by atoms with E-state index in [9.17, 15) is 0 Å². The first kappa shape index (κ1) is 16.4. The number of methoxy groups -OCH3 is 3. The van der Waals surface area contributed by atoms with Crippen LogP contribution in [0.15, 0.2) is 12.1 Å². The highest BCUT2D eigenvalue weighted by Gasteiger charge is 2.13. The summed E-state index contributed by atoms with van der Waals surface area (Å²) in [6.07, 6.45) is 0. The second-order valence-electron chi connectivity index (χ2n) is 4.81. The number of benzene rings is 1. The first-order valence-corrected chi connectivity index (χ1v) is 6.75. The van der Waals surface area contributed by atoms with Crippen LogP contribution in [0.2, 0.25) is 0 Å². The van der Waals surface area contributed by atoms with Crippen molar-refractivity contribution in [3.8, 4) is 23.0 Å².